The van der Waals surface area contributed by atoms with Crippen LogP contribution in [0.1, 0.15) is 17.5 Å². The minimum absolute atomic E-state index is 0. The minimum atomic E-state index is 0. The Morgan fingerprint density at radius 2 is 2.18 bits per heavy atom. The van der Waals surface area contributed by atoms with Gasteiger partial charge in [0.15, 0.2) is 0 Å². The molecule has 0 radical (unpaired) electrons. The predicted octanol–water partition coefficient (Wildman–Crippen LogP) is 2.75. The summed E-state index contributed by atoms with van der Waals surface area (Å²) in [4.78, 5) is 0. The average Bonchev–Trinajstić information content (AvgIpc) is 2.26. The largest absolute Gasteiger partial charge is 0.398 e. The zero-order valence-corrected chi connectivity index (χ0v) is 11.4. The lowest BCUT2D eigenvalue weighted by Crippen LogP contribution is -2.34. The minimum Gasteiger partial charge on any atom is -0.398 e. The smallest absolute Gasteiger partial charge is 0.0349 e. The molecule has 96 valence electrons. The van der Waals surface area contributed by atoms with Crippen molar-refractivity contribution in [3.63, 3.8) is 0 Å². The maximum atomic E-state index is 5.95. The third-order valence-electron chi connectivity index (χ3n) is 3.07. The van der Waals surface area contributed by atoms with Gasteiger partial charge in [-0.3, -0.25) is 0 Å². The van der Waals surface area contributed by atoms with Gasteiger partial charge < -0.3 is 11.1 Å². The van der Waals surface area contributed by atoms with Crippen LogP contribution in [-0.2, 0) is 12.8 Å². The summed E-state index contributed by atoms with van der Waals surface area (Å²) in [5.41, 5.74) is 9.66. The molecule has 3 N–H and O–H groups in total. The van der Waals surface area contributed by atoms with Crippen molar-refractivity contribution in [1.82, 2.24) is 5.32 Å². The number of halogens is 2. The third-order valence-corrected chi connectivity index (χ3v) is 3.07. The number of rotatable bonds is 3. The van der Waals surface area contributed by atoms with Gasteiger partial charge in [-0.1, -0.05) is 18.2 Å². The first kappa shape index (κ1) is 16.3. The van der Waals surface area contributed by atoms with Gasteiger partial charge in [-0.2, -0.15) is 0 Å². The molecule has 0 spiro atoms. The highest BCUT2D eigenvalue weighted by Crippen LogP contribution is 2.25. The van der Waals surface area contributed by atoms with Gasteiger partial charge >= 0.3 is 0 Å². The summed E-state index contributed by atoms with van der Waals surface area (Å²) in [5.74, 6) is 0. The lowest BCUT2D eigenvalue weighted by Gasteiger charge is -2.26. The van der Waals surface area contributed by atoms with Crippen molar-refractivity contribution in [1.29, 1.82) is 0 Å². The van der Waals surface area contributed by atoms with Crippen LogP contribution in [-0.4, -0.2) is 12.6 Å². The van der Waals surface area contributed by atoms with Crippen LogP contribution < -0.4 is 11.1 Å². The normalized spacial score (nSPS) is 17.3. The summed E-state index contributed by atoms with van der Waals surface area (Å²) >= 11 is 0. The first-order valence-electron chi connectivity index (χ1n) is 5.52. The number of nitrogens with one attached hydrogen (secondary N) is 1. The summed E-state index contributed by atoms with van der Waals surface area (Å²) in [6, 6.07) is 6.81. The zero-order chi connectivity index (χ0) is 10.7. The molecule has 17 heavy (non-hydrogen) atoms. The Morgan fingerprint density at radius 3 is 2.88 bits per heavy atom. The first-order chi connectivity index (χ1) is 7.31. The summed E-state index contributed by atoms with van der Waals surface area (Å²) in [6.07, 6.45) is 5.27. The highest BCUT2D eigenvalue weighted by atomic mass is 35.5. The molecule has 0 amide bonds. The number of anilines is 1. The van der Waals surface area contributed by atoms with Gasteiger partial charge in [0.1, 0.15) is 0 Å². The van der Waals surface area contributed by atoms with E-state index >= 15 is 0 Å². The van der Waals surface area contributed by atoms with Crippen molar-refractivity contribution in [3.05, 3.63) is 42.0 Å². The van der Waals surface area contributed by atoms with Crippen molar-refractivity contribution in [2.75, 3.05) is 12.3 Å². The fourth-order valence-electron chi connectivity index (χ4n) is 2.26. The molecule has 0 aromatic heterocycles. The highest BCUT2D eigenvalue weighted by molar-refractivity contribution is 5.85. The van der Waals surface area contributed by atoms with E-state index in [1.54, 1.807) is 0 Å². The second-order valence-corrected chi connectivity index (χ2v) is 4.12. The Kier molecular flexibility index (Phi) is 7.28. The first-order valence-corrected chi connectivity index (χ1v) is 5.52. The van der Waals surface area contributed by atoms with Gasteiger partial charge in [-0.15, -0.1) is 31.4 Å². The van der Waals surface area contributed by atoms with E-state index in [0.717, 1.165) is 25.1 Å². The Morgan fingerprint density at radius 1 is 1.41 bits per heavy atom. The topological polar surface area (TPSA) is 38.0 Å². The van der Waals surface area contributed by atoms with Crippen molar-refractivity contribution in [2.24, 2.45) is 0 Å². The number of benzene rings is 1. The molecule has 1 atom stereocenters. The monoisotopic (exact) mass is 274 g/mol. The molecule has 1 aromatic rings. The Bertz CT molecular complexity index is 366. The van der Waals surface area contributed by atoms with Crippen LogP contribution in [0.5, 0.6) is 0 Å². The molecule has 2 nitrogen and oxygen atoms in total. The lowest BCUT2D eigenvalue weighted by atomic mass is 9.87. The van der Waals surface area contributed by atoms with Crippen LogP contribution in [0.3, 0.4) is 0 Å². The Labute approximate surface area is 115 Å². The van der Waals surface area contributed by atoms with E-state index in [-0.39, 0.29) is 24.8 Å². The van der Waals surface area contributed by atoms with Gasteiger partial charge in [0.2, 0.25) is 0 Å². The standard InChI is InChI=1S/C13H18N2.2ClH/c1-2-8-15-11-6-7-12-10(9-11)4-3-5-13(12)14;;/h2-5,11,15H,1,6-9,14H2;2*1H. The zero-order valence-electron chi connectivity index (χ0n) is 9.82. The van der Waals surface area contributed by atoms with Crippen LogP contribution in [0.25, 0.3) is 0 Å². The molecule has 0 bridgehead atoms. The van der Waals surface area contributed by atoms with Crippen LogP contribution in [0.4, 0.5) is 5.69 Å². The SMILES string of the molecule is C=CCNC1CCc2c(N)cccc2C1.Cl.Cl. The molecule has 0 aliphatic heterocycles. The highest BCUT2D eigenvalue weighted by Gasteiger charge is 2.18. The van der Waals surface area contributed by atoms with Gasteiger partial charge in [0.25, 0.3) is 0 Å². The molecule has 0 heterocycles. The molecular weight excluding hydrogens is 255 g/mol. The van der Waals surface area contributed by atoms with Crippen LogP contribution in [0, 0.1) is 0 Å². The second-order valence-electron chi connectivity index (χ2n) is 4.12. The maximum absolute atomic E-state index is 5.95. The lowest BCUT2D eigenvalue weighted by molar-refractivity contribution is 0.480. The van der Waals surface area contributed by atoms with Crippen LogP contribution >= 0.6 is 24.8 Å². The van der Waals surface area contributed by atoms with E-state index in [1.165, 1.54) is 17.5 Å². The average molecular weight is 275 g/mol. The van der Waals surface area contributed by atoms with E-state index in [4.69, 9.17) is 5.73 Å². The van der Waals surface area contributed by atoms with Crippen molar-refractivity contribution >= 4 is 30.5 Å². The summed E-state index contributed by atoms with van der Waals surface area (Å²) in [6.45, 7) is 4.61. The van der Waals surface area contributed by atoms with E-state index in [9.17, 15) is 0 Å². The Balaban J connectivity index is 0.00000128. The van der Waals surface area contributed by atoms with E-state index in [1.807, 2.05) is 18.2 Å². The van der Waals surface area contributed by atoms with E-state index in [2.05, 4.69) is 18.0 Å². The second kappa shape index (κ2) is 7.59. The summed E-state index contributed by atoms with van der Waals surface area (Å²) in [7, 11) is 0. The van der Waals surface area contributed by atoms with Crippen molar-refractivity contribution < 1.29 is 0 Å². The molecule has 1 aliphatic carbocycles. The van der Waals surface area contributed by atoms with Gasteiger partial charge in [0, 0.05) is 18.3 Å². The van der Waals surface area contributed by atoms with Gasteiger partial charge in [0.05, 0.1) is 0 Å². The van der Waals surface area contributed by atoms with Crippen LogP contribution in [0.2, 0.25) is 0 Å². The number of nitrogens with two attached hydrogens (primary N) is 1. The number of hydrogen-bond donors (Lipinski definition) is 2. The fourth-order valence-corrected chi connectivity index (χ4v) is 2.26. The van der Waals surface area contributed by atoms with Crippen molar-refractivity contribution in [3.8, 4) is 0 Å². The quantitative estimate of drug-likeness (QED) is 0.657. The molecule has 2 rings (SSSR count). The van der Waals surface area contributed by atoms with E-state index < -0.39 is 0 Å². The Hall–Kier alpha value is -0.700. The molecule has 1 unspecified atom stereocenters. The molecule has 0 saturated carbocycles. The number of fused-ring (bicyclic) bond motifs is 1. The number of nitrogen functional groups attached to an aromatic ring is 1. The molecule has 0 saturated heterocycles. The van der Waals surface area contributed by atoms with Gasteiger partial charge in [-0.25, -0.2) is 0 Å². The van der Waals surface area contributed by atoms with Crippen LogP contribution in [0.15, 0.2) is 30.9 Å². The maximum Gasteiger partial charge on any atom is 0.0349 e. The molecule has 4 heteroatoms. The predicted molar refractivity (Wildman–Crippen MR) is 79.4 cm³/mol. The molecular formula is C13H20Cl2N2. The van der Waals surface area contributed by atoms with E-state index in [0.29, 0.717) is 6.04 Å². The molecule has 0 fully saturated rings. The molecule has 1 aromatic carbocycles. The van der Waals surface area contributed by atoms with Crippen molar-refractivity contribution in [2.45, 2.75) is 25.3 Å². The summed E-state index contributed by atoms with van der Waals surface area (Å²) in [5, 5.41) is 3.47. The summed E-state index contributed by atoms with van der Waals surface area (Å²) < 4.78 is 0. The molecule has 1 aliphatic rings. The number of hydrogen-bond acceptors (Lipinski definition) is 2. The fraction of sp³-hybridized carbons (Fsp3) is 0.385. The third kappa shape index (κ3) is 3.91. The van der Waals surface area contributed by atoms with Gasteiger partial charge in [-0.05, 0) is 36.5 Å².